The average molecular weight is 290 g/mol. The minimum atomic E-state index is -0.773. The summed E-state index contributed by atoms with van der Waals surface area (Å²) in [6, 6.07) is 4.13. The molecule has 0 fully saturated rings. The van der Waals surface area contributed by atoms with Crippen molar-refractivity contribution in [1.29, 1.82) is 0 Å². The van der Waals surface area contributed by atoms with Crippen LogP contribution in [0.5, 0.6) is 0 Å². The first-order valence-corrected chi connectivity index (χ1v) is 6.33. The fourth-order valence-electron chi connectivity index (χ4n) is 1.88. The van der Waals surface area contributed by atoms with Crippen molar-refractivity contribution in [2.75, 3.05) is 18.5 Å². The van der Waals surface area contributed by atoms with E-state index in [9.17, 15) is 8.78 Å². The summed E-state index contributed by atoms with van der Waals surface area (Å²) in [5, 5.41) is 2.97. The van der Waals surface area contributed by atoms with Crippen LogP contribution in [0.3, 0.4) is 0 Å². The van der Waals surface area contributed by atoms with Gasteiger partial charge in [-0.1, -0.05) is 6.08 Å². The van der Waals surface area contributed by atoms with Gasteiger partial charge in [0.1, 0.15) is 11.6 Å². The number of hydrogen-bond acceptors (Lipinski definition) is 4. The zero-order valence-corrected chi connectivity index (χ0v) is 11.5. The van der Waals surface area contributed by atoms with Crippen molar-refractivity contribution in [3.8, 4) is 0 Å². The van der Waals surface area contributed by atoms with E-state index in [1.165, 1.54) is 18.3 Å². The molecule has 0 amide bonds. The summed E-state index contributed by atoms with van der Waals surface area (Å²) >= 11 is 0. The van der Waals surface area contributed by atoms with Crippen LogP contribution in [0.2, 0.25) is 0 Å². The van der Waals surface area contributed by atoms with Gasteiger partial charge >= 0.3 is 0 Å². The maximum atomic E-state index is 13.8. The molecule has 0 atom stereocenters. The molecule has 5 N–H and O–H groups in total. The summed E-state index contributed by atoms with van der Waals surface area (Å²) in [7, 11) is 1.79. The van der Waals surface area contributed by atoms with Crippen LogP contribution in [0.4, 0.5) is 20.3 Å². The minimum Gasteiger partial charge on any atom is -0.396 e. The van der Waals surface area contributed by atoms with Gasteiger partial charge in [-0.15, -0.1) is 0 Å². The molecule has 6 heteroatoms. The molecule has 0 aliphatic carbocycles. The van der Waals surface area contributed by atoms with Crippen molar-refractivity contribution < 1.29 is 8.78 Å². The molecule has 21 heavy (non-hydrogen) atoms. The summed E-state index contributed by atoms with van der Waals surface area (Å²) in [5.74, 6) is -1.02. The van der Waals surface area contributed by atoms with Crippen molar-refractivity contribution in [3.05, 3.63) is 52.7 Å². The molecule has 0 saturated carbocycles. The van der Waals surface area contributed by atoms with Gasteiger partial charge in [0, 0.05) is 23.9 Å². The highest BCUT2D eigenvalue weighted by Gasteiger charge is 2.09. The molecule has 0 radical (unpaired) electrons. The highest BCUT2D eigenvalue weighted by molar-refractivity contribution is 5.72. The number of benzene rings is 1. The Morgan fingerprint density at radius 3 is 2.71 bits per heavy atom. The normalized spacial score (nSPS) is 11.2. The van der Waals surface area contributed by atoms with Crippen molar-refractivity contribution in [2.45, 2.75) is 6.54 Å². The molecule has 0 spiro atoms. The van der Waals surface area contributed by atoms with Crippen LogP contribution in [0.1, 0.15) is 16.7 Å². The van der Waals surface area contributed by atoms with E-state index in [1.807, 2.05) is 0 Å². The highest BCUT2D eigenvalue weighted by Crippen LogP contribution is 2.21. The zero-order chi connectivity index (χ0) is 15.4. The number of pyridine rings is 1. The first-order chi connectivity index (χ1) is 10.0. The molecular formula is C15H16F2N4. The first-order valence-electron chi connectivity index (χ1n) is 6.33. The Balaban J connectivity index is 2.34. The molecule has 4 nitrogen and oxygen atoms in total. The van der Waals surface area contributed by atoms with E-state index < -0.39 is 11.6 Å². The number of nitrogen functional groups attached to an aromatic ring is 2. The highest BCUT2D eigenvalue weighted by atomic mass is 19.1. The topological polar surface area (TPSA) is 77.0 Å². The standard InChI is InChI=1S/C15H16F2N4/c1-20-8-10-6-9(7-21-15(10)19)2-3-11-12(16)4-5-13(18)14(11)17/h2-7,20H,8,18H2,1H3,(H2,19,21). The van der Waals surface area contributed by atoms with E-state index in [0.29, 0.717) is 17.9 Å². The van der Waals surface area contributed by atoms with Crippen LogP contribution >= 0.6 is 0 Å². The third-order valence-corrected chi connectivity index (χ3v) is 2.99. The molecule has 0 bridgehead atoms. The zero-order valence-electron chi connectivity index (χ0n) is 11.5. The van der Waals surface area contributed by atoms with Crippen LogP contribution in [0.25, 0.3) is 12.2 Å². The maximum absolute atomic E-state index is 13.8. The number of halogens is 2. The van der Waals surface area contributed by atoms with E-state index in [4.69, 9.17) is 11.5 Å². The number of nitrogens with zero attached hydrogens (tertiary/aromatic N) is 1. The van der Waals surface area contributed by atoms with Gasteiger partial charge in [-0.25, -0.2) is 13.8 Å². The molecule has 0 saturated heterocycles. The lowest BCUT2D eigenvalue weighted by atomic mass is 10.1. The monoisotopic (exact) mass is 290 g/mol. The lowest BCUT2D eigenvalue weighted by Crippen LogP contribution is -2.08. The van der Waals surface area contributed by atoms with Gasteiger partial charge < -0.3 is 16.8 Å². The van der Waals surface area contributed by atoms with Crippen LogP contribution in [0.15, 0.2) is 24.4 Å². The van der Waals surface area contributed by atoms with Gasteiger partial charge in [-0.05, 0) is 36.9 Å². The lowest BCUT2D eigenvalue weighted by molar-refractivity contribution is 0.582. The van der Waals surface area contributed by atoms with E-state index in [-0.39, 0.29) is 11.3 Å². The van der Waals surface area contributed by atoms with E-state index in [1.54, 1.807) is 19.2 Å². The van der Waals surface area contributed by atoms with E-state index in [0.717, 1.165) is 11.6 Å². The number of aromatic nitrogens is 1. The fourth-order valence-corrected chi connectivity index (χ4v) is 1.88. The minimum absolute atomic E-state index is 0.0950. The predicted molar refractivity (Wildman–Crippen MR) is 81.1 cm³/mol. The number of rotatable bonds is 4. The SMILES string of the molecule is CNCc1cc(C=Cc2c(F)ccc(N)c2F)cnc1N. The Morgan fingerprint density at radius 1 is 1.24 bits per heavy atom. The molecule has 0 aliphatic rings. The van der Waals surface area contributed by atoms with Crippen LogP contribution in [-0.4, -0.2) is 12.0 Å². The van der Waals surface area contributed by atoms with Gasteiger partial charge in [0.15, 0.2) is 5.82 Å². The summed E-state index contributed by atoms with van der Waals surface area (Å²) in [5.41, 5.74) is 12.4. The molecule has 110 valence electrons. The average Bonchev–Trinajstić information content (AvgIpc) is 2.46. The number of nitrogens with one attached hydrogen (secondary N) is 1. The van der Waals surface area contributed by atoms with Crippen LogP contribution in [-0.2, 0) is 6.54 Å². The smallest absolute Gasteiger partial charge is 0.156 e. The van der Waals surface area contributed by atoms with Crippen molar-refractivity contribution in [3.63, 3.8) is 0 Å². The second-order valence-electron chi connectivity index (χ2n) is 4.54. The van der Waals surface area contributed by atoms with Crippen LogP contribution < -0.4 is 16.8 Å². The summed E-state index contributed by atoms with van der Waals surface area (Å²) in [4.78, 5) is 4.05. The Morgan fingerprint density at radius 2 is 2.00 bits per heavy atom. The Hall–Kier alpha value is -2.47. The fraction of sp³-hybridized carbons (Fsp3) is 0.133. The first kappa shape index (κ1) is 14.9. The van der Waals surface area contributed by atoms with Crippen molar-refractivity contribution in [2.24, 2.45) is 0 Å². The third-order valence-electron chi connectivity index (χ3n) is 2.99. The molecule has 1 aromatic carbocycles. The number of nitrogens with two attached hydrogens (primary N) is 2. The van der Waals surface area contributed by atoms with Gasteiger partial charge in [0.05, 0.1) is 5.69 Å². The Labute approximate surface area is 121 Å². The summed E-state index contributed by atoms with van der Waals surface area (Å²) in [6.45, 7) is 0.557. The Kier molecular flexibility index (Phi) is 4.49. The quantitative estimate of drug-likeness (QED) is 0.756. The molecule has 0 aliphatic heterocycles. The summed E-state index contributed by atoms with van der Waals surface area (Å²) < 4.78 is 27.4. The van der Waals surface area contributed by atoms with E-state index >= 15 is 0 Å². The second kappa shape index (κ2) is 6.32. The number of hydrogen-bond donors (Lipinski definition) is 3. The molecule has 2 rings (SSSR count). The molecule has 1 heterocycles. The van der Waals surface area contributed by atoms with Gasteiger partial charge in [-0.2, -0.15) is 0 Å². The maximum Gasteiger partial charge on any atom is 0.156 e. The largest absolute Gasteiger partial charge is 0.396 e. The molecule has 0 unspecified atom stereocenters. The van der Waals surface area contributed by atoms with Crippen molar-refractivity contribution in [1.82, 2.24) is 10.3 Å². The van der Waals surface area contributed by atoms with Gasteiger partial charge in [0.25, 0.3) is 0 Å². The Bertz CT molecular complexity index is 684. The van der Waals surface area contributed by atoms with Crippen LogP contribution in [0, 0.1) is 11.6 Å². The molecular weight excluding hydrogens is 274 g/mol. The molecule has 1 aromatic heterocycles. The van der Waals surface area contributed by atoms with Gasteiger partial charge in [-0.3, -0.25) is 0 Å². The third kappa shape index (κ3) is 3.35. The summed E-state index contributed by atoms with van der Waals surface area (Å²) in [6.07, 6.45) is 4.43. The van der Waals surface area contributed by atoms with Crippen molar-refractivity contribution >= 4 is 23.7 Å². The predicted octanol–water partition coefficient (Wildman–Crippen LogP) is 2.41. The van der Waals surface area contributed by atoms with Gasteiger partial charge in [0.2, 0.25) is 0 Å². The molecule has 2 aromatic rings. The van der Waals surface area contributed by atoms with E-state index in [2.05, 4.69) is 10.3 Å². The number of anilines is 2. The second-order valence-corrected chi connectivity index (χ2v) is 4.54. The lowest BCUT2D eigenvalue weighted by Gasteiger charge is -2.05.